The van der Waals surface area contributed by atoms with E-state index in [4.69, 9.17) is 20.8 Å². The number of aromatic nitrogens is 1. The summed E-state index contributed by atoms with van der Waals surface area (Å²) in [6.45, 7) is 0.0723. The number of benzene rings is 2. The molecule has 106 valence electrons. The van der Waals surface area contributed by atoms with Crippen LogP contribution in [0.25, 0.3) is 10.9 Å². The van der Waals surface area contributed by atoms with Crippen molar-refractivity contribution in [2.75, 3.05) is 0 Å². The minimum atomic E-state index is -0.434. The lowest BCUT2D eigenvalue weighted by atomic mass is 10.2. The molecule has 0 aliphatic rings. The predicted octanol–water partition coefficient (Wildman–Crippen LogP) is 4.18. The third kappa shape index (κ3) is 3.25. The summed E-state index contributed by atoms with van der Waals surface area (Å²) in [5.41, 5.74) is 0.139. The van der Waals surface area contributed by atoms with Crippen molar-refractivity contribution in [1.82, 2.24) is 4.98 Å². The lowest BCUT2D eigenvalue weighted by Crippen LogP contribution is -2.07. The van der Waals surface area contributed by atoms with Gasteiger partial charge in [0, 0.05) is 9.50 Å². The van der Waals surface area contributed by atoms with E-state index in [1.807, 2.05) is 6.07 Å². The standard InChI is InChI=1S/C15H9BrClNO3/c16-9-1-6-13-12(7-9)15(19)21-14(18-13)8-20-11-4-2-10(17)3-5-11/h1-7H,8H2. The summed E-state index contributed by atoms with van der Waals surface area (Å²) in [6.07, 6.45) is 0. The summed E-state index contributed by atoms with van der Waals surface area (Å²) in [5, 5.41) is 1.06. The van der Waals surface area contributed by atoms with Crippen LogP contribution in [-0.2, 0) is 6.61 Å². The molecule has 0 saturated carbocycles. The SMILES string of the molecule is O=c1oc(COc2ccc(Cl)cc2)nc2ccc(Br)cc12. The van der Waals surface area contributed by atoms with Gasteiger partial charge in [0.1, 0.15) is 5.75 Å². The van der Waals surface area contributed by atoms with Crippen LogP contribution >= 0.6 is 27.5 Å². The number of fused-ring (bicyclic) bond motifs is 1. The molecule has 0 aliphatic carbocycles. The van der Waals surface area contributed by atoms with E-state index >= 15 is 0 Å². The minimum Gasteiger partial charge on any atom is -0.484 e. The van der Waals surface area contributed by atoms with Crippen molar-refractivity contribution in [1.29, 1.82) is 0 Å². The summed E-state index contributed by atoms with van der Waals surface area (Å²) in [4.78, 5) is 16.2. The zero-order valence-corrected chi connectivity index (χ0v) is 13.0. The Bertz CT molecular complexity index is 846. The second-order valence-corrected chi connectivity index (χ2v) is 5.65. The Morgan fingerprint density at radius 3 is 2.71 bits per heavy atom. The summed E-state index contributed by atoms with van der Waals surface area (Å²) < 4.78 is 11.5. The Balaban J connectivity index is 1.86. The second-order valence-electron chi connectivity index (χ2n) is 4.30. The van der Waals surface area contributed by atoms with Crippen molar-refractivity contribution in [2.45, 2.75) is 6.61 Å². The zero-order valence-electron chi connectivity index (χ0n) is 10.7. The van der Waals surface area contributed by atoms with Gasteiger partial charge in [-0.3, -0.25) is 0 Å². The van der Waals surface area contributed by atoms with Crippen molar-refractivity contribution in [2.24, 2.45) is 0 Å². The molecule has 0 radical (unpaired) electrons. The van der Waals surface area contributed by atoms with Crippen LogP contribution in [0, 0.1) is 0 Å². The molecule has 0 spiro atoms. The molecule has 1 aromatic heterocycles. The topological polar surface area (TPSA) is 52.3 Å². The van der Waals surface area contributed by atoms with Crippen LogP contribution in [0.15, 0.2) is 56.1 Å². The zero-order chi connectivity index (χ0) is 14.8. The molecule has 3 rings (SSSR count). The van der Waals surface area contributed by atoms with Gasteiger partial charge in [-0.1, -0.05) is 27.5 Å². The lowest BCUT2D eigenvalue weighted by molar-refractivity contribution is 0.253. The Hall–Kier alpha value is -1.85. The highest BCUT2D eigenvalue weighted by atomic mass is 79.9. The van der Waals surface area contributed by atoms with Gasteiger partial charge >= 0.3 is 5.63 Å². The molecule has 0 bridgehead atoms. The van der Waals surface area contributed by atoms with Gasteiger partial charge in [0.25, 0.3) is 0 Å². The average Bonchev–Trinajstić information content (AvgIpc) is 2.47. The Kier molecular flexibility index (Phi) is 3.94. The van der Waals surface area contributed by atoms with E-state index in [1.165, 1.54) is 0 Å². The lowest BCUT2D eigenvalue weighted by Gasteiger charge is -2.05. The third-order valence-electron chi connectivity index (χ3n) is 2.81. The monoisotopic (exact) mass is 365 g/mol. The fourth-order valence-corrected chi connectivity index (χ4v) is 2.31. The molecule has 0 fully saturated rings. The molecule has 0 amide bonds. The van der Waals surface area contributed by atoms with Gasteiger partial charge in [-0.15, -0.1) is 0 Å². The summed E-state index contributed by atoms with van der Waals surface area (Å²) in [7, 11) is 0. The van der Waals surface area contributed by atoms with E-state index in [1.54, 1.807) is 36.4 Å². The van der Waals surface area contributed by atoms with E-state index in [2.05, 4.69) is 20.9 Å². The summed E-state index contributed by atoms with van der Waals surface area (Å²) >= 11 is 9.10. The molecule has 0 saturated heterocycles. The highest BCUT2D eigenvalue weighted by Gasteiger charge is 2.07. The molecule has 6 heteroatoms. The summed E-state index contributed by atoms with van der Waals surface area (Å²) in [5.74, 6) is 0.851. The number of hydrogen-bond donors (Lipinski definition) is 0. The van der Waals surface area contributed by atoms with Crippen LogP contribution < -0.4 is 10.4 Å². The largest absolute Gasteiger partial charge is 0.484 e. The smallest absolute Gasteiger partial charge is 0.346 e. The van der Waals surface area contributed by atoms with Gasteiger partial charge in [0.05, 0.1) is 10.9 Å². The molecule has 0 unspecified atom stereocenters. The molecular formula is C15H9BrClNO3. The molecule has 3 aromatic rings. The van der Waals surface area contributed by atoms with Gasteiger partial charge < -0.3 is 9.15 Å². The number of halogens is 2. The van der Waals surface area contributed by atoms with E-state index in [9.17, 15) is 4.79 Å². The van der Waals surface area contributed by atoms with E-state index in [0.29, 0.717) is 21.7 Å². The van der Waals surface area contributed by atoms with Crippen molar-refractivity contribution < 1.29 is 9.15 Å². The fraction of sp³-hybridized carbons (Fsp3) is 0.0667. The van der Waals surface area contributed by atoms with Crippen molar-refractivity contribution in [3.05, 3.63) is 68.3 Å². The quantitative estimate of drug-likeness (QED) is 0.698. The Morgan fingerprint density at radius 2 is 1.95 bits per heavy atom. The molecular weight excluding hydrogens is 358 g/mol. The van der Waals surface area contributed by atoms with E-state index in [0.717, 1.165) is 4.47 Å². The van der Waals surface area contributed by atoms with Crippen LogP contribution in [-0.4, -0.2) is 4.98 Å². The first-order valence-electron chi connectivity index (χ1n) is 6.09. The molecule has 4 nitrogen and oxygen atoms in total. The highest BCUT2D eigenvalue weighted by molar-refractivity contribution is 9.10. The number of ether oxygens (including phenoxy) is 1. The van der Waals surface area contributed by atoms with E-state index in [-0.39, 0.29) is 12.5 Å². The Labute approximate surface area is 133 Å². The van der Waals surface area contributed by atoms with Gasteiger partial charge in [0.2, 0.25) is 5.89 Å². The van der Waals surface area contributed by atoms with E-state index < -0.39 is 5.63 Å². The fourth-order valence-electron chi connectivity index (χ4n) is 1.83. The first-order chi connectivity index (χ1) is 10.1. The second kappa shape index (κ2) is 5.87. The van der Waals surface area contributed by atoms with Crippen molar-refractivity contribution in [3.8, 4) is 5.75 Å². The molecule has 21 heavy (non-hydrogen) atoms. The van der Waals surface area contributed by atoms with Gasteiger partial charge in [-0.05, 0) is 42.5 Å². The highest BCUT2D eigenvalue weighted by Crippen LogP contribution is 2.18. The molecule has 0 aliphatic heterocycles. The maximum Gasteiger partial charge on any atom is 0.346 e. The molecule has 0 N–H and O–H groups in total. The maximum absolute atomic E-state index is 11.9. The van der Waals surface area contributed by atoms with Crippen LogP contribution in [0.2, 0.25) is 5.02 Å². The summed E-state index contributed by atoms with van der Waals surface area (Å²) in [6, 6.07) is 12.2. The predicted molar refractivity (Wildman–Crippen MR) is 83.8 cm³/mol. The molecule has 0 atom stereocenters. The maximum atomic E-state index is 11.9. The third-order valence-corrected chi connectivity index (χ3v) is 3.56. The van der Waals surface area contributed by atoms with Crippen LogP contribution in [0.4, 0.5) is 0 Å². The molecule has 2 aromatic carbocycles. The first kappa shape index (κ1) is 14.1. The van der Waals surface area contributed by atoms with Gasteiger partial charge in [-0.25, -0.2) is 9.78 Å². The normalized spacial score (nSPS) is 10.8. The Morgan fingerprint density at radius 1 is 1.19 bits per heavy atom. The van der Waals surface area contributed by atoms with Crippen LogP contribution in [0.3, 0.4) is 0 Å². The number of hydrogen-bond acceptors (Lipinski definition) is 4. The average molecular weight is 367 g/mol. The van der Waals surface area contributed by atoms with Crippen LogP contribution in [0.1, 0.15) is 5.89 Å². The van der Waals surface area contributed by atoms with Gasteiger partial charge in [0.15, 0.2) is 6.61 Å². The first-order valence-corrected chi connectivity index (χ1v) is 7.26. The van der Waals surface area contributed by atoms with Gasteiger partial charge in [-0.2, -0.15) is 0 Å². The van der Waals surface area contributed by atoms with Crippen LogP contribution in [0.5, 0.6) is 5.75 Å². The number of rotatable bonds is 3. The van der Waals surface area contributed by atoms with Crippen molar-refractivity contribution >= 4 is 38.4 Å². The molecule has 1 heterocycles. The number of nitrogens with zero attached hydrogens (tertiary/aromatic N) is 1. The van der Waals surface area contributed by atoms with Crippen molar-refractivity contribution in [3.63, 3.8) is 0 Å². The minimum absolute atomic E-state index is 0.0723.